The van der Waals surface area contributed by atoms with Gasteiger partial charge < -0.3 is 9.42 Å². The fourth-order valence-corrected chi connectivity index (χ4v) is 5.45. The van der Waals surface area contributed by atoms with E-state index in [1.807, 2.05) is 6.92 Å². The van der Waals surface area contributed by atoms with E-state index in [1.54, 1.807) is 6.07 Å². The number of anilines is 1. The average molecular weight is 462 g/mol. The molecule has 1 saturated heterocycles. The number of nitrogens with zero attached hydrogens (tertiary/aromatic N) is 2. The molecule has 2 aromatic carbocycles. The van der Waals surface area contributed by atoms with Gasteiger partial charge in [-0.25, -0.2) is 4.39 Å². The van der Waals surface area contributed by atoms with Crippen LogP contribution in [0.5, 0.6) is 0 Å². The minimum Gasteiger partial charge on any atom is -0.370 e. The molecule has 9 heteroatoms. The fraction of sp³-hybridized carbons (Fsp3) is 0.318. The molecule has 5 rings (SSSR count). The second kappa shape index (κ2) is 7.50. The van der Waals surface area contributed by atoms with Gasteiger partial charge in [0.2, 0.25) is 0 Å². The first-order chi connectivity index (χ1) is 14.9. The predicted molar refractivity (Wildman–Crippen MR) is 116 cm³/mol. The Morgan fingerprint density at radius 1 is 1.16 bits per heavy atom. The first-order valence-corrected chi connectivity index (χ1v) is 10.9. The first-order valence-electron chi connectivity index (χ1n) is 10.1. The molecule has 160 valence electrons. The number of aromatic nitrogens is 1. The van der Waals surface area contributed by atoms with Gasteiger partial charge in [-0.1, -0.05) is 35.3 Å². The molecule has 0 aliphatic carbocycles. The van der Waals surface area contributed by atoms with E-state index >= 15 is 0 Å². The van der Waals surface area contributed by atoms with E-state index in [2.05, 4.69) is 15.4 Å². The highest BCUT2D eigenvalue weighted by molar-refractivity contribution is 6.44. The zero-order valence-electron chi connectivity index (χ0n) is 16.6. The third-order valence-corrected chi connectivity index (χ3v) is 6.93. The van der Waals surface area contributed by atoms with Gasteiger partial charge >= 0.3 is 0 Å². The third-order valence-electron chi connectivity index (χ3n) is 6.14. The van der Waals surface area contributed by atoms with Gasteiger partial charge in [0.15, 0.2) is 5.58 Å². The summed E-state index contributed by atoms with van der Waals surface area (Å²) < 4.78 is 18.8. The molecule has 1 N–H and O–H groups in total. The van der Waals surface area contributed by atoms with Crippen LogP contribution in [0, 0.1) is 5.82 Å². The topological polar surface area (TPSA) is 75.4 Å². The number of carbonyl (C=O) groups excluding carboxylic acids is 2. The summed E-state index contributed by atoms with van der Waals surface area (Å²) in [6.45, 7) is 3.27. The van der Waals surface area contributed by atoms with Crippen molar-refractivity contribution >= 4 is 51.7 Å². The van der Waals surface area contributed by atoms with Gasteiger partial charge in [-0.05, 0) is 37.0 Å². The Hall–Kier alpha value is -2.64. The summed E-state index contributed by atoms with van der Waals surface area (Å²) in [5.41, 5.74) is 3.05. The highest BCUT2D eigenvalue weighted by atomic mass is 35.5. The van der Waals surface area contributed by atoms with Crippen LogP contribution >= 0.6 is 23.2 Å². The minimum atomic E-state index is -0.521. The van der Waals surface area contributed by atoms with Gasteiger partial charge in [-0.15, -0.1) is 0 Å². The van der Waals surface area contributed by atoms with Crippen LogP contribution < -0.4 is 10.2 Å². The van der Waals surface area contributed by atoms with Crippen LogP contribution in [0.15, 0.2) is 22.7 Å². The summed E-state index contributed by atoms with van der Waals surface area (Å²) in [7, 11) is 0. The monoisotopic (exact) mass is 461 g/mol. The Labute approximate surface area is 187 Å². The van der Waals surface area contributed by atoms with Crippen molar-refractivity contribution in [2.24, 2.45) is 0 Å². The molecule has 1 fully saturated rings. The average Bonchev–Trinajstić information content (AvgIpc) is 3.30. The van der Waals surface area contributed by atoms with Gasteiger partial charge in [0.1, 0.15) is 5.82 Å². The SMILES string of the molecule is CCc1c(Cl)c2c(c(Cl)c1N1CCC(c3noc4cc(F)ccc34)CC1)C(=O)NC2=O. The molecule has 0 atom stereocenters. The molecule has 2 aliphatic rings. The van der Waals surface area contributed by atoms with Crippen molar-refractivity contribution in [1.29, 1.82) is 0 Å². The molecule has 3 heterocycles. The van der Waals surface area contributed by atoms with Gasteiger partial charge in [0.25, 0.3) is 11.8 Å². The fourth-order valence-electron chi connectivity index (χ4n) is 4.63. The van der Waals surface area contributed by atoms with Crippen molar-refractivity contribution in [1.82, 2.24) is 10.5 Å². The molecule has 31 heavy (non-hydrogen) atoms. The number of fused-ring (bicyclic) bond motifs is 2. The van der Waals surface area contributed by atoms with E-state index in [0.29, 0.717) is 30.8 Å². The number of hydrogen-bond donors (Lipinski definition) is 1. The minimum absolute atomic E-state index is 0.149. The van der Waals surface area contributed by atoms with Crippen molar-refractivity contribution in [2.75, 3.05) is 18.0 Å². The van der Waals surface area contributed by atoms with Crippen molar-refractivity contribution in [3.8, 4) is 0 Å². The maximum absolute atomic E-state index is 13.4. The number of carbonyl (C=O) groups is 2. The van der Waals surface area contributed by atoms with E-state index in [-0.39, 0.29) is 32.9 Å². The third kappa shape index (κ3) is 3.10. The Balaban J connectivity index is 1.47. The molecule has 0 bridgehead atoms. The number of nitrogens with one attached hydrogen (secondary N) is 1. The van der Waals surface area contributed by atoms with Crippen molar-refractivity contribution < 1.29 is 18.5 Å². The van der Waals surface area contributed by atoms with Crippen LogP contribution in [0.4, 0.5) is 10.1 Å². The quantitative estimate of drug-likeness (QED) is 0.548. The van der Waals surface area contributed by atoms with Gasteiger partial charge in [-0.3, -0.25) is 14.9 Å². The number of halogens is 3. The van der Waals surface area contributed by atoms with Gasteiger partial charge in [-0.2, -0.15) is 0 Å². The van der Waals surface area contributed by atoms with E-state index in [9.17, 15) is 14.0 Å². The number of hydrogen-bond acceptors (Lipinski definition) is 5. The lowest BCUT2D eigenvalue weighted by atomic mass is 9.90. The van der Waals surface area contributed by atoms with Crippen LogP contribution in [-0.4, -0.2) is 30.1 Å². The van der Waals surface area contributed by atoms with E-state index in [0.717, 1.165) is 29.5 Å². The number of rotatable bonds is 3. The van der Waals surface area contributed by atoms with Crippen LogP contribution in [0.3, 0.4) is 0 Å². The number of benzene rings is 2. The lowest BCUT2D eigenvalue weighted by molar-refractivity contribution is 0.0879. The molecule has 0 unspecified atom stereocenters. The van der Waals surface area contributed by atoms with Crippen molar-refractivity contribution in [3.63, 3.8) is 0 Å². The highest BCUT2D eigenvalue weighted by Crippen LogP contribution is 2.45. The summed E-state index contributed by atoms with van der Waals surface area (Å²) in [4.78, 5) is 26.6. The smallest absolute Gasteiger partial charge is 0.260 e. The molecule has 0 spiro atoms. The second-order valence-electron chi connectivity index (χ2n) is 7.81. The maximum Gasteiger partial charge on any atom is 0.260 e. The van der Waals surface area contributed by atoms with Crippen LogP contribution in [0.1, 0.15) is 57.7 Å². The zero-order valence-corrected chi connectivity index (χ0v) is 18.1. The number of imide groups is 1. The summed E-state index contributed by atoms with van der Waals surface area (Å²) >= 11 is 13.2. The van der Waals surface area contributed by atoms with Crippen molar-refractivity contribution in [2.45, 2.75) is 32.1 Å². The largest absolute Gasteiger partial charge is 0.370 e. The molecule has 2 amide bonds. The molecule has 2 aliphatic heterocycles. The molecular formula is C22H18Cl2FN3O3. The zero-order chi connectivity index (χ0) is 21.9. The summed E-state index contributed by atoms with van der Waals surface area (Å²) in [6, 6.07) is 4.45. The van der Waals surface area contributed by atoms with E-state index < -0.39 is 11.8 Å². The van der Waals surface area contributed by atoms with Crippen LogP contribution in [-0.2, 0) is 6.42 Å². The first kappa shape index (κ1) is 20.3. The molecule has 3 aromatic rings. The molecule has 1 aromatic heterocycles. The molecule has 0 radical (unpaired) electrons. The lowest BCUT2D eigenvalue weighted by Gasteiger charge is -2.35. The summed E-state index contributed by atoms with van der Waals surface area (Å²) in [6.07, 6.45) is 2.12. The summed E-state index contributed by atoms with van der Waals surface area (Å²) in [5.74, 6) is -1.24. The number of piperidine rings is 1. The maximum atomic E-state index is 13.4. The number of amides is 2. The Kier molecular flexibility index (Phi) is 4.90. The lowest BCUT2D eigenvalue weighted by Crippen LogP contribution is -2.34. The van der Waals surface area contributed by atoms with Gasteiger partial charge in [0.05, 0.1) is 32.6 Å². The van der Waals surface area contributed by atoms with Crippen LogP contribution in [0.25, 0.3) is 11.0 Å². The Morgan fingerprint density at radius 2 is 1.84 bits per heavy atom. The Morgan fingerprint density at radius 3 is 2.52 bits per heavy atom. The molecule has 6 nitrogen and oxygen atoms in total. The van der Waals surface area contributed by atoms with E-state index in [4.69, 9.17) is 27.7 Å². The standard InChI is InChI=1S/C22H18Cl2FN3O3/c1-2-12-17(23)15-16(22(30)26-21(15)29)18(24)20(12)28-7-5-10(6-8-28)19-13-4-3-11(25)9-14(13)31-27-19/h3-4,9-10H,2,5-8H2,1H3,(H,26,29,30). The van der Waals surface area contributed by atoms with Gasteiger partial charge in [0, 0.05) is 30.5 Å². The second-order valence-corrected chi connectivity index (χ2v) is 8.57. The predicted octanol–water partition coefficient (Wildman–Crippen LogP) is 5.10. The summed E-state index contributed by atoms with van der Waals surface area (Å²) in [5, 5.41) is 7.84. The normalized spacial score (nSPS) is 16.8. The highest BCUT2D eigenvalue weighted by Gasteiger charge is 2.37. The Bertz CT molecular complexity index is 1250. The molecular weight excluding hydrogens is 444 g/mol. The molecule has 0 saturated carbocycles. The van der Waals surface area contributed by atoms with Crippen molar-refractivity contribution in [3.05, 3.63) is 56.4 Å². The van der Waals surface area contributed by atoms with Crippen LogP contribution in [0.2, 0.25) is 10.0 Å². The van der Waals surface area contributed by atoms with E-state index in [1.165, 1.54) is 12.1 Å².